The van der Waals surface area contributed by atoms with Gasteiger partial charge in [0.2, 0.25) is 5.91 Å². The molecular formula is C24H41IN6O. The second-order valence-corrected chi connectivity index (χ2v) is 9.73. The number of halogens is 1. The number of aliphatic imine (C=N–C) groups is 1. The lowest BCUT2D eigenvalue weighted by atomic mass is 9.78. The van der Waals surface area contributed by atoms with Crippen molar-refractivity contribution in [1.82, 2.24) is 15.6 Å². The van der Waals surface area contributed by atoms with Crippen LogP contribution in [0.5, 0.6) is 0 Å². The van der Waals surface area contributed by atoms with E-state index < -0.39 is 0 Å². The molecule has 2 aliphatic rings. The SMILES string of the molecule is CN=C(NCc1cccnc1N1CCC(C(N)=O)CC1)NCC1(CC(C)C)CCCC1.I. The van der Waals surface area contributed by atoms with Crippen molar-refractivity contribution in [3.8, 4) is 0 Å². The molecule has 0 unspecified atom stereocenters. The third-order valence-electron chi connectivity index (χ3n) is 6.87. The Bertz CT molecular complexity index is 755. The summed E-state index contributed by atoms with van der Waals surface area (Å²) in [5.74, 6) is 2.34. The molecule has 1 aromatic rings. The van der Waals surface area contributed by atoms with Gasteiger partial charge in [0, 0.05) is 50.9 Å². The molecule has 180 valence electrons. The lowest BCUT2D eigenvalue weighted by Crippen LogP contribution is -2.43. The Morgan fingerprint density at radius 2 is 1.97 bits per heavy atom. The molecule has 1 aliphatic heterocycles. The van der Waals surface area contributed by atoms with E-state index in [0.717, 1.165) is 49.8 Å². The molecule has 4 N–H and O–H groups in total. The molecule has 2 heterocycles. The summed E-state index contributed by atoms with van der Waals surface area (Å²) < 4.78 is 0. The Morgan fingerprint density at radius 1 is 1.28 bits per heavy atom. The first kappa shape index (κ1) is 26.7. The van der Waals surface area contributed by atoms with E-state index in [1.807, 2.05) is 19.3 Å². The second-order valence-electron chi connectivity index (χ2n) is 9.73. The fourth-order valence-corrected chi connectivity index (χ4v) is 5.34. The lowest BCUT2D eigenvalue weighted by molar-refractivity contribution is -0.122. The van der Waals surface area contributed by atoms with E-state index in [2.05, 4.69) is 45.4 Å². The van der Waals surface area contributed by atoms with Gasteiger partial charge in [-0.05, 0) is 49.5 Å². The van der Waals surface area contributed by atoms with Crippen LogP contribution in [-0.4, -0.2) is 43.5 Å². The Hall–Kier alpha value is -1.58. The number of nitrogens with zero attached hydrogens (tertiary/aromatic N) is 3. The highest BCUT2D eigenvalue weighted by Crippen LogP contribution is 2.42. The Morgan fingerprint density at radius 3 is 2.56 bits per heavy atom. The van der Waals surface area contributed by atoms with Gasteiger partial charge in [-0.3, -0.25) is 9.79 Å². The predicted octanol–water partition coefficient (Wildman–Crippen LogP) is 3.67. The largest absolute Gasteiger partial charge is 0.369 e. The van der Waals surface area contributed by atoms with Crippen LogP contribution in [0.4, 0.5) is 5.82 Å². The molecule has 0 bridgehead atoms. The number of carbonyl (C=O) groups is 1. The zero-order valence-electron chi connectivity index (χ0n) is 19.9. The number of pyridine rings is 1. The highest BCUT2D eigenvalue weighted by Gasteiger charge is 2.34. The number of nitrogens with one attached hydrogen (secondary N) is 2. The number of hydrogen-bond acceptors (Lipinski definition) is 4. The standard InChI is InChI=1S/C24H40N6O.HI/c1-18(2)15-24(10-4-5-11-24)17-29-23(26-3)28-16-20-7-6-12-27-22(20)30-13-8-19(9-14-30)21(25)31;/h6-7,12,18-19H,4-5,8-11,13-17H2,1-3H3,(H2,25,31)(H2,26,28,29);1H. The minimum Gasteiger partial charge on any atom is -0.369 e. The van der Waals surface area contributed by atoms with Crippen LogP contribution in [-0.2, 0) is 11.3 Å². The Kier molecular flexibility index (Phi) is 10.5. The van der Waals surface area contributed by atoms with Crippen molar-refractivity contribution in [1.29, 1.82) is 0 Å². The topological polar surface area (TPSA) is 95.6 Å². The van der Waals surface area contributed by atoms with Gasteiger partial charge in [-0.2, -0.15) is 0 Å². The highest BCUT2D eigenvalue weighted by atomic mass is 127. The Labute approximate surface area is 210 Å². The molecular weight excluding hydrogens is 515 g/mol. The van der Waals surface area contributed by atoms with Crippen LogP contribution in [0.3, 0.4) is 0 Å². The van der Waals surface area contributed by atoms with Gasteiger partial charge in [-0.1, -0.05) is 32.8 Å². The van der Waals surface area contributed by atoms with Gasteiger partial charge in [0.15, 0.2) is 5.96 Å². The monoisotopic (exact) mass is 556 g/mol. The van der Waals surface area contributed by atoms with Crippen LogP contribution in [0.1, 0.15) is 64.4 Å². The second kappa shape index (κ2) is 12.6. The van der Waals surface area contributed by atoms with Crippen LogP contribution in [0.25, 0.3) is 0 Å². The first-order chi connectivity index (χ1) is 14.9. The average Bonchev–Trinajstić information content (AvgIpc) is 3.22. The summed E-state index contributed by atoms with van der Waals surface area (Å²) in [6, 6.07) is 4.09. The Balaban J connectivity index is 0.00000363. The van der Waals surface area contributed by atoms with Gasteiger partial charge in [0.1, 0.15) is 5.82 Å². The first-order valence-corrected chi connectivity index (χ1v) is 11.8. The summed E-state index contributed by atoms with van der Waals surface area (Å²) in [6.07, 6.45) is 9.98. The van der Waals surface area contributed by atoms with E-state index in [-0.39, 0.29) is 35.8 Å². The number of anilines is 1. The van der Waals surface area contributed by atoms with Crippen LogP contribution >= 0.6 is 24.0 Å². The summed E-state index contributed by atoms with van der Waals surface area (Å²) >= 11 is 0. The quantitative estimate of drug-likeness (QED) is 0.258. The summed E-state index contributed by atoms with van der Waals surface area (Å²) in [6.45, 7) is 7.90. The maximum absolute atomic E-state index is 11.5. The summed E-state index contributed by atoms with van der Waals surface area (Å²) in [5.41, 5.74) is 7.02. The van der Waals surface area contributed by atoms with Crippen molar-refractivity contribution in [2.45, 2.75) is 65.3 Å². The van der Waals surface area contributed by atoms with Crippen molar-refractivity contribution in [2.75, 3.05) is 31.6 Å². The van der Waals surface area contributed by atoms with Crippen LogP contribution in [0, 0.1) is 17.3 Å². The van der Waals surface area contributed by atoms with Crippen molar-refractivity contribution in [3.63, 3.8) is 0 Å². The molecule has 7 nitrogen and oxygen atoms in total. The normalized spacial score (nSPS) is 19.0. The van der Waals surface area contributed by atoms with E-state index in [9.17, 15) is 4.79 Å². The van der Waals surface area contributed by atoms with Crippen molar-refractivity contribution >= 4 is 41.7 Å². The lowest BCUT2D eigenvalue weighted by Gasteiger charge is -2.33. The van der Waals surface area contributed by atoms with Gasteiger partial charge in [0.25, 0.3) is 0 Å². The van der Waals surface area contributed by atoms with E-state index in [1.54, 1.807) is 0 Å². The molecule has 1 saturated heterocycles. The zero-order chi connectivity index (χ0) is 22.3. The third kappa shape index (κ3) is 7.22. The third-order valence-corrected chi connectivity index (χ3v) is 6.87. The summed E-state index contributed by atoms with van der Waals surface area (Å²) in [7, 11) is 1.83. The van der Waals surface area contributed by atoms with Gasteiger partial charge in [-0.25, -0.2) is 4.98 Å². The maximum atomic E-state index is 11.5. The molecule has 32 heavy (non-hydrogen) atoms. The van der Waals surface area contributed by atoms with Gasteiger partial charge < -0.3 is 21.3 Å². The van der Waals surface area contributed by atoms with E-state index >= 15 is 0 Å². The number of aromatic nitrogens is 1. The van der Waals surface area contributed by atoms with E-state index in [0.29, 0.717) is 17.9 Å². The van der Waals surface area contributed by atoms with E-state index in [1.165, 1.54) is 32.1 Å². The molecule has 3 rings (SSSR count). The molecule has 1 aromatic heterocycles. The minimum atomic E-state index is -0.185. The number of amides is 1. The smallest absolute Gasteiger partial charge is 0.220 e. The molecule has 0 aromatic carbocycles. The number of guanidine groups is 1. The number of carbonyl (C=O) groups excluding carboxylic acids is 1. The van der Waals surface area contributed by atoms with Crippen LogP contribution < -0.4 is 21.3 Å². The molecule has 2 fully saturated rings. The van der Waals surface area contributed by atoms with Crippen molar-refractivity contribution in [2.24, 2.45) is 28.0 Å². The molecule has 1 amide bonds. The molecule has 0 radical (unpaired) electrons. The highest BCUT2D eigenvalue weighted by molar-refractivity contribution is 14.0. The number of hydrogen-bond donors (Lipinski definition) is 3. The summed E-state index contributed by atoms with van der Waals surface area (Å²) in [5, 5.41) is 7.08. The molecule has 0 atom stereocenters. The average molecular weight is 557 g/mol. The molecule has 0 spiro atoms. The first-order valence-electron chi connectivity index (χ1n) is 11.8. The van der Waals surface area contributed by atoms with Crippen LogP contribution in [0.15, 0.2) is 23.3 Å². The number of piperidine rings is 1. The fraction of sp³-hybridized carbons (Fsp3) is 0.708. The number of rotatable bonds is 8. The van der Waals surface area contributed by atoms with Gasteiger partial charge >= 0.3 is 0 Å². The van der Waals surface area contributed by atoms with Crippen LogP contribution in [0.2, 0.25) is 0 Å². The van der Waals surface area contributed by atoms with Gasteiger partial charge in [0.05, 0.1) is 0 Å². The van der Waals surface area contributed by atoms with Crippen molar-refractivity contribution in [3.05, 3.63) is 23.9 Å². The molecule has 8 heteroatoms. The zero-order valence-corrected chi connectivity index (χ0v) is 22.2. The summed E-state index contributed by atoms with van der Waals surface area (Å²) in [4.78, 5) is 22.8. The molecule has 1 aliphatic carbocycles. The van der Waals surface area contributed by atoms with Gasteiger partial charge in [-0.15, -0.1) is 24.0 Å². The van der Waals surface area contributed by atoms with E-state index in [4.69, 9.17) is 5.73 Å². The number of primary amides is 1. The number of nitrogens with two attached hydrogens (primary N) is 1. The fourth-order valence-electron chi connectivity index (χ4n) is 5.34. The molecule has 1 saturated carbocycles. The minimum absolute atomic E-state index is 0. The van der Waals surface area contributed by atoms with Crippen molar-refractivity contribution < 1.29 is 4.79 Å². The predicted molar refractivity (Wildman–Crippen MR) is 142 cm³/mol. The maximum Gasteiger partial charge on any atom is 0.220 e.